The Morgan fingerprint density at radius 2 is 2.09 bits per heavy atom. The summed E-state index contributed by atoms with van der Waals surface area (Å²) in [5.74, 6) is 4.39. The van der Waals surface area contributed by atoms with Crippen LogP contribution in [0.1, 0.15) is 17.2 Å². The van der Waals surface area contributed by atoms with Crippen molar-refractivity contribution in [2.45, 2.75) is 12.5 Å². The first kappa shape index (κ1) is 18.0. The van der Waals surface area contributed by atoms with Crippen molar-refractivity contribution in [1.82, 2.24) is 20.1 Å². The molecule has 6 nitrogen and oxygen atoms in total. The normalized spacial score (nSPS) is 23.2. The summed E-state index contributed by atoms with van der Waals surface area (Å²) in [5.41, 5.74) is 3.23. The fourth-order valence-corrected chi connectivity index (χ4v) is 5.71. The van der Waals surface area contributed by atoms with Crippen LogP contribution in [0.3, 0.4) is 0 Å². The van der Waals surface area contributed by atoms with Gasteiger partial charge in [0.15, 0.2) is 5.75 Å². The Bertz CT molecular complexity index is 1490. The number of fused-ring (bicyclic) bond motifs is 2. The van der Waals surface area contributed by atoms with Crippen LogP contribution in [0.4, 0.5) is 4.39 Å². The van der Waals surface area contributed by atoms with Gasteiger partial charge < -0.3 is 15.2 Å². The van der Waals surface area contributed by atoms with Crippen LogP contribution in [0.5, 0.6) is 11.5 Å². The summed E-state index contributed by atoms with van der Waals surface area (Å²) in [4.78, 5) is 4.76. The van der Waals surface area contributed by atoms with E-state index in [0.29, 0.717) is 58.7 Å². The minimum Gasteiger partial charge on any atom is -0.508 e. The van der Waals surface area contributed by atoms with Crippen LogP contribution < -0.4 is 10.1 Å². The molecule has 0 bridgehead atoms. The molecule has 4 aromatic rings. The van der Waals surface area contributed by atoms with Gasteiger partial charge >= 0.3 is 0 Å². The lowest BCUT2D eigenvalue weighted by Crippen LogP contribution is -2.16. The van der Waals surface area contributed by atoms with Gasteiger partial charge in [0.2, 0.25) is 0 Å². The molecule has 7 heteroatoms. The second-order valence-corrected chi connectivity index (χ2v) is 8.82. The van der Waals surface area contributed by atoms with Crippen LogP contribution in [-0.4, -0.2) is 39.6 Å². The van der Waals surface area contributed by atoms with E-state index in [-0.39, 0.29) is 11.3 Å². The number of piperidine rings is 1. The van der Waals surface area contributed by atoms with E-state index >= 15 is 0 Å². The topological polar surface area (TPSA) is 72.2 Å². The predicted molar refractivity (Wildman–Crippen MR) is 118 cm³/mol. The maximum atomic E-state index is 14.6. The molecular formula is C25H19FN4O2. The molecule has 1 saturated carbocycles. The van der Waals surface area contributed by atoms with Crippen molar-refractivity contribution in [3.63, 3.8) is 0 Å². The predicted octanol–water partition coefficient (Wildman–Crippen LogP) is 3.40. The SMILES string of the molecule is C#Cc1c(F)ccc2cc(O)cc(-c3ncc4c(C5[C@H]6CNC[C@@H]56)nn5c4c3OCC5)c12. The van der Waals surface area contributed by atoms with Gasteiger partial charge in [0.1, 0.15) is 29.4 Å². The molecule has 2 aromatic heterocycles. The third kappa shape index (κ3) is 2.28. The minimum atomic E-state index is -0.483. The second kappa shape index (κ2) is 6.21. The van der Waals surface area contributed by atoms with Crippen molar-refractivity contribution < 1.29 is 14.2 Å². The third-order valence-electron chi connectivity index (χ3n) is 7.18. The average Bonchev–Trinajstić information content (AvgIpc) is 3.11. The van der Waals surface area contributed by atoms with Crippen molar-refractivity contribution in [1.29, 1.82) is 0 Å². The van der Waals surface area contributed by atoms with Crippen LogP contribution in [0.15, 0.2) is 30.5 Å². The van der Waals surface area contributed by atoms with Gasteiger partial charge in [0, 0.05) is 28.5 Å². The summed E-state index contributed by atoms with van der Waals surface area (Å²) in [5, 5.41) is 21.0. The van der Waals surface area contributed by atoms with E-state index in [4.69, 9.17) is 21.2 Å². The van der Waals surface area contributed by atoms with Gasteiger partial charge in [-0.3, -0.25) is 9.67 Å². The molecule has 4 heterocycles. The molecule has 0 radical (unpaired) electrons. The second-order valence-electron chi connectivity index (χ2n) is 8.82. The Balaban J connectivity index is 1.51. The lowest BCUT2D eigenvalue weighted by Gasteiger charge is -2.19. The van der Waals surface area contributed by atoms with Gasteiger partial charge in [-0.15, -0.1) is 6.42 Å². The number of rotatable bonds is 2. The van der Waals surface area contributed by atoms with Crippen LogP contribution in [-0.2, 0) is 6.54 Å². The van der Waals surface area contributed by atoms with Gasteiger partial charge in [-0.05, 0) is 48.5 Å². The van der Waals surface area contributed by atoms with Gasteiger partial charge in [-0.25, -0.2) is 4.39 Å². The molecule has 3 aliphatic rings. The molecule has 0 spiro atoms. The molecule has 2 aromatic carbocycles. The molecule has 3 atom stereocenters. The quantitative estimate of drug-likeness (QED) is 0.481. The zero-order valence-electron chi connectivity index (χ0n) is 17.1. The standard InChI is InChI=1S/C25H19FN4O2/c1-2-14-19(26)4-3-12-7-13(31)8-15(20(12)14)23-25-24-18(11-28-23)22(29-30(24)5-6-32-25)21-16-9-27-10-17(16)21/h1,3-4,7-8,11,16-17,21,27,31H,5-6,9-10H2/t16-,17+,21?. The molecular weight excluding hydrogens is 407 g/mol. The number of nitrogens with one attached hydrogen (secondary N) is 1. The number of aromatic nitrogens is 3. The van der Waals surface area contributed by atoms with Crippen molar-refractivity contribution in [3.8, 4) is 35.1 Å². The van der Waals surface area contributed by atoms with Crippen LogP contribution in [0, 0.1) is 30.0 Å². The van der Waals surface area contributed by atoms with E-state index in [0.717, 1.165) is 29.7 Å². The van der Waals surface area contributed by atoms with E-state index in [1.54, 1.807) is 18.2 Å². The first-order valence-corrected chi connectivity index (χ1v) is 10.8. The lowest BCUT2D eigenvalue weighted by molar-refractivity contribution is 0.278. The lowest BCUT2D eigenvalue weighted by atomic mass is 9.95. The Kier molecular flexibility index (Phi) is 3.49. The van der Waals surface area contributed by atoms with Crippen molar-refractivity contribution in [2.24, 2.45) is 11.8 Å². The zero-order chi connectivity index (χ0) is 21.6. The smallest absolute Gasteiger partial charge is 0.171 e. The average molecular weight is 426 g/mol. The highest BCUT2D eigenvalue weighted by molar-refractivity contribution is 6.04. The number of aromatic hydroxyl groups is 1. The van der Waals surface area contributed by atoms with Crippen molar-refractivity contribution in [3.05, 3.63) is 47.5 Å². The number of halogens is 1. The molecule has 1 aliphatic carbocycles. The molecule has 1 saturated heterocycles. The van der Waals surface area contributed by atoms with E-state index in [9.17, 15) is 9.50 Å². The van der Waals surface area contributed by atoms with E-state index in [1.807, 2.05) is 10.9 Å². The van der Waals surface area contributed by atoms with Gasteiger partial charge in [0.05, 0.1) is 17.8 Å². The summed E-state index contributed by atoms with van der Waals surface area (Å²) in [7, 11) is 0. The zero-order valence-corrected chi connectivity index (χ0v) is 17.1. The largest absolute Gasteiger partial charge is 0.508 e. The molecule has 0 amide bonds. The Labute approximate surface area is 183 Å². The van der Waals surface area contributed by atoms with Crippen molar-refractivity contribution in [2.75, 3.05) is 19.7 Å². The van der Waals surface area contributed by atoms with Gasteiger partial charge in [0.25, 0.3) is 0 Å². The van der Waals surface area contributed by atoms with Gasteiger partial charge in [-0.2, -0.15) is 5.10 Å². The highest BCUT2D eigenvalue weighted by Gasteiger charge is 2.55. The van der Waals surface area contributed by atoms with E-state index in [2.05, 4.69) is 11.2 Å². The van der Waals surface area contributed by atoms with Crippen LogP contribution in [0.2, 0.25) is 0 Å². The molecule has 2 aliphatic heterocycles. The fourth-order valence-electron chi connectivity index (χ4n) is 5.71. The number of nitrogens with zero attached hydrogens (tertiary/aromatic N) is 3. The number of phenolic OH excluding ortho intramolecular Hbond substituents is 1. The highest BCUT2D eigenvalue weighted by atomic mass is 19.1. The highest BCUT2D eigenvalue weighted by Crippen LogP contribution is 2.57. The fraction of sp³-hybridized carbons (Fsp3) is 0.280. The summed E-state index contributed by atoms with van der Waals surface area (Å²) in [6, 6.07) is 6.08. The Morgan fingerprint density at radius 3 is 2.91 bits per heavy atom. The number of ether oxygens (including phenoxy) is 1. The number of hydrogen-bond donors (Lipinski definition) is 2. The van der Waals surface area contributed by atoms with E-state index < -0.39 is 5.82 Å². The number of terminal acetylenes is 1. The number of pyridine rings is 1. The maximum absolute atomic E-state index is 14.6. The van der Waals surface area contributed by atoms with Crippen LogP contribution >= 0.6 is 0 Å². The monoisotopic (exact) mass is 426 g/mol. The molecule has 1 unspecified atom stereocenters. The first-order chi connectivity index (χ1) is 15.7. The molecule has 2 N–H and O–H groups in total. The van der Waals surface area contributed by atoms with Crippen LogP contribution in [0.25, 0.3) is 32.9 Å². The summed E-state index contributed by atoms with van der Waals surface area (Å²) in [6.45, 7) is 3.20. The van der Waals surface area contributed by atoms with Gasteiger partial charge in [-0.1, -0.05) is 12.0 Å². The Morgan fingerprint density at radius 1 is 1.25 bits per heavy atom. The number of phenols is 1. The summed E-state index contributed by atoms with van der Waals surface area (Å²) >= 11 is 0. The summed E-state index contributed by atoms with van der Waals surface area (Å²) in [6.07, 6.45) is 7.50. The molecule has 2 fully saturated rings. The first-order valence-electron chi connectivity index (χ1n) is 10.8. The molecule has 158 valence electrons. The number of benzene rings is 2. The van der Waals surface area contributed by atoms with E-state index in [1.165, 1.54) is 6.07 Å². The third-order valence-corrected chi connectivity index (χ3v) is 7.18. The van der Waals surface area contributed by atoms with Crippen molar-refractivity contribution >= 4 is 21.7 Å². The molecule has 32 heavy (non-hydrogen) atoms. The maximum Gasteiger partial charge on any atom is 0.171 e. The molecule has 7 rings (SSSR count). The summed E-state index contributed by atoms with van der Waals surface area (Å²) < 4.78 is 22.7. The minimum absolute atomic E-state index is 0.0551. The number of hydrogen-bond acceptors (Lipinski definition) is 5. The Hall–Kier alpha value is -3.63.